The zero-order chi connectivity index (χ0) is 23.8. The summed E-state index contributed by atoms with van der Waals surface area (Å²) in [6.45, 7) is 3.06. The van der Waals surface area contributed by atoms with Crippen molar-refractivity contribution in [2.75, 3.05) is 0 Å². The van der Waals surface area contributed by atoms with Gasteiger partial charge in [-0.2, -0.15) is 5.26 Å². The van der Waals surface area contributed by atoms with Crippen LogP contribution in [0.15, 0.2) is 53.8 Å². The summed E-state index contributed by atoms with van der Waals surface area (Å²) >= 11 is 0. The Morgan fingerprint density at radius 3 is 2.73 bits per heavy atom. The Hall–Kier alpha value is -3.76. The van der Waals surface area contributed by atoms with Crippen molar-refractivity contribution in [3.63, 3.8) is 0 Å². The second-order valence-corrected chi connectivity index (χ2v) is 8.54. The highest BCUT2D eigenvalue weighted by Gasteiger charge is 2.68. The average Bonchev–Trinajstić information content (AvgIpc) is 3.03. The molecule has 4 rings (SSSR count). The smallest absolute Gasteiger partial charge is 0.319 e. The van der Waals surface area contributed by atoms with Gasteiger partial charge in [0.1, 0.15) is 6.10 Å². The number of hydrogen-bond acceptors (Lipinski definition) is 5. The Morgan fingerprint density at radius 2 is 2.06 bits per heavy atom. The number of nitrogens with zero attached hydrogens (tertiary/aromatic N) is 5. The molecule has 0 radical (unpaired) electrons. The quantitative estimate of drug-likeness (QED) is 0.264. The van der Waals surface area contributed by atoms with E-state index >= 15 is 0 Å². The van der Waals surface area contributed by atoms with E-state index in [1.54, 1.807) is 49.5 Å². The fourth-order valence-corrected chi connectivity index (χ4v) is 5.02. The van der Waals surface area contributed by atoms with Gasteiger partial charge in [-0.05, 0) is 36.6 Å². The Kier molecular flexibility index (Phi) is 5.64. The van der Waals surface area contributed by atoms with Gasteiger partial charge in [0.2, 0.25) is 0 Å². The molecular weight excluding hydrogens is 428 g/mol. The van der Waals surface area contributed by atoms with E-state index in [0.29, 0.717) is 11.3 Å². The first-order valence-corrected chi connectivity index (χ1v) is 10.5. The number of pyridine rings is 1. The second kappa shape index (κ2) is 8.30. The number of carbonyl (C=O) groups is 1. The number of fused-ring (bicyclic) bond motifs is 1. The van der Waals surface area contributed by atoms with E-state index in [4.69, 9.17) is 10.3 Å². The lowest BCUT2D eigenvalue weighted by molar-refractivity contribution is -0.155. The van der Waals surface area contributed by atoms with Crippen molar-refractivity contribution in [2.24, 2.45) is 22.9 Å². The molecule has 1 saturated heterocycles. The number of nitriles is 1. The molecule has 1 saturated carbocycles. The normalized spacial score (nSPS) is 30.2. The van der Waals surface area contributed by atoms with Crippen LogP contribution in [-0.4, -0.2) is 28.5 Å². The number of halogens is 2. The van der Waals surface area contributed by atoms with Gasteiger partial charge < -0.3 is 4.74 Å². The molecule has 2 heterocycles. The number of rotatable bonds is 4. The zero-order valence-electron chi connectivity index (χ0n) is 18.0. The number of allylic oxidation sites excluding steroid dienone is 1. The van der Waals surface area contributed by atoms with Crippen LogP contribution >= 0.6 is 0 Å². The van der Waals surface area contributed by atoms with Gasteiger partial charge in [0.15, 0.2) is 5.54 Å². The molecule has 33 heavy (non-hydrogen) atoms. The van der Waals surface area contributed by atoms with Crippen molar-refractivity contribution >= 4 is 12.0 Å². The molecule has 0 amide bonds. The van der Waals surface area contributed by atoms with Gasteiger partial charge in [0.05, 0.1) is 17.3 Å². The molecule has 0 unspecified atom stereocenters. The Balaban J connectivity index is 1.67. The maximum absolute atomic E-state index is 14.9. The summed E-state index contributed by atoms with van der Waals surface area (Å²) < 4.78 is 35.1. The molecule has 2 fully saturated rings. The summed E-state index contributed by atoms with van der Waals surface area (Å²) in [5, 5.41) is 12.9. The second-order valence-electron chi connectivity index (χ2n) is 8.54. The van der Waals surface area contributed by atoms with Crippen LogP contribution in [0.2, 0.25) is 0 Å². The summed E-state index contributed by atoms with van der Waals surface area (Å²) in [4.78, 5) is 19.6. The summed E-state index contributed by atoms with van der Waals surface area (Å²) in [7, 11) is 0. The van der Waals surface area contributed by atoms with Gasteiger partial charge in [0.25, 0.3) is 5.92 Å². The van der Waals surface area contributed by atoms with Gasteiger partial charge in [-0.15, -0.1) is 0 Å². The van der Waals surface area contributed by atoms with Crippen molar-refractivity contribution in [3.8, 4) is 17.2 Å². The third-order valence-electron chi connectivity index (χ3n) is 6.72. The Labute approximate surface area is 189 Å². The first-order chi connectivity index (χ1) is 15.7. The van der Waals surface area contributed by atoms with Gasteiger partial charge in [-0.3, -0.25) is 9.78 Å². The molecule has 1 aromatic heterocycles. The average molecular weight is 449 g/mol. The highest BCUT2D eigenvalue weighted by molar-refractivity contribution is 5.84. The molecule has 7 nitrogen and oxygen atoms in total. The molecular formula is C24H21F2N5O2. The maximum Gasteiger partial charge on any atom is 0.319 e. The molecule has 5 atom stereocenters. The number of ether oxygens (including phenoxy) is 1. The fraction of sp³-hybridized carbons (Fsp3) is 0.375. The van der Waals surface area contributed by atoms with Crippen molar-refractivity contribution < 1.29 is 18.3 Å². The summed E-state index contributed by atoms with van der Waals surface area (Å²) in [6.07, 6.45) is 3.31. The monoisotopic (exact) mass is 449 g/mol. The van der Waals surface area contributed by atoms with Crippen LogP contribution in [0.3, 0.4) is 0 Å². The summed E-state index contributed by atoms with van der Waals surface area (Å²) in [5.41, 5.74) is 9.63. The van der Waals surface area contributed by atoms with Crippen LogP contribution in [0.5, 0.6) is 0 Å². The number of esters is 1. The third kappa shape index (κ3) is 3.73. The lowest BCUT2D eigenvalue weighted by Crippen LogP contribution is -2.56. The molecule has 0 spiro atoms. The lowest BCUT2D eigenvalue weighted by Gasteiger charge is -2.45. The minimum absolute atomic E-state index is 0.523. The Morgan fingerprint density at radius 1 is 1.30 bits per heavy atom. The number of benzene rings is 1. The molecule has 1 aliphatic carbocycles. The minimum atomic E-state index is -3.22. The number of azide groups is 1. The molecule has 2 aliphatic rings. The van der Waals surface area contributed by atoms with Crippen LogP contribution in [0.1, 0.15) is 31.5 Å². The zero-order valence-corrected chi connectivity index (χ0v) is 18.0. The van der Waals surface area contributed by atoms with Crippen LogP contribution in [0.25, 0.3) is 27.6 Å². The van der Waals surface area contributed by atoms with Crippen molar-refractivity contribution in [1.29, 1.82) is 5.26 Å². The van der Waals surface area contributed by atoms with Crippen LogP contribution in [-0.2, 0) is 9.53 Å². The first-order valence-electron chi connectivity index (χ1n) is 10.5. The fourth-order valence-electron chi connectivity index (χ4n) is 5.02. The Bertz CT molecular complexity index is 1200. The topological polar surface area (TPSA) is 112 Å². The predicted molar refractivity (Wildman–Crippen MR) is 117 cm³/mol. The predicted octanol–water partition coefficient (Wildman–Crippen LogP) is 5.54. The van der Waals surface area contributed by atoms with Gasteiger partial charge in [-0.25, -0.2) is 8.78 Å². The molecule has 0 N–H and O–H groups in total. The third-order valence-corrected chi connectivity index (χ3v) is 6.72. The number of carbonyl (C=O) groups excluding carboxylic acids is 1. The molecule has 1 aliphatic heterocycles. The van der Waals surface area contributed by atoms with E-state index in [2.05, 4.69) is 21.1 Å². The SMILES string of the molecule is C[C@H]1OC(=O)[C@]2(N=[N+]=[N-])CC(F)(F)[C@@H](C)[C@H](C=Cc3ccc(-c4ccccc4C#N)cn3)[C@H]12. The number of hydrogen-bond donors (Lipinski definition) is 0. The highest BCUT2D eigenvalue weighted by atomic mass is 19.3. The highest BCUT2D eigenvalue weighted by Crippen LogP contribution is 2.56. The molecule has 1 aromatic carbocycles. The summed E-state index contributed by atoms with van der Waals surface area (Å²) in [5.74, 6) is -6.71. The molecule has 168 valence electrons. The van der Waals surface area contributed by atoms with E-state index in [0.717, 1.165) is 11.1 Å². The number of alkyl halides is 2. The van der Waals surface area contributed by atoms with E-state index in [-0.39, 0.29) is 0 Å². The molecule has 2 aromatic rings. The van der Waals surface area contributed by atoms with Crippen LogP contribution in [0, 0.1) is 29.1 Å². The van der Waals surface area contributed by atoms with Crippen molar-refractivity contribution in [2.45, 2.75) is 37.8 Å². The number of aromatic nitrogens is 1. The molecule has 0 bridgehead atoms. The van der Waals surface area contributed by atoms with Crippen LogP contribution in [0.4, 0.5) is 8.78 Å². The minimum Gasteiger partial charge on any atom is -0.462 e. The van der Waals surface area contributed by atoms with E-state index < -0.39 is 47.7 Å². The maximum atomic E-state index is 14.9. The van der Waals surface area contributed by atoms with Crippen molar-refractivity contribution in [3.05, 3.63) is 70.4 Å². The van der Waals surface area contributed by atoms with E-state index in [9.17, 15) is 18.8 Å². The van der Waals surface area contributed by atoms with Gasteiger partial charge >= 0.3 is 5.97 Å². The van der Waals surface area contributed by atoms with E-state index in [1.165, 1.54) is 6.92 Å². The first kappa shape index (κ1) is 22.4. The van der Waals surface area contributed by atoms with Gasteiger partial charge in [-0.1, -0.05) is 42.4 Å². The number of cyclic esters (lactones) is 1. The van der Waals surface area contributed by atoms with Crippen LogP contribution < -0.4 is 0 Å². The lowest BCUT2D eigenvalue weighted by atomic mass is 9.61. The largest absolute Gasteiger partial charge is 0.462 e. The van der Waals surface area contributed by atoms with Crippen molar-refractivity contribution in [1.82, 2.24) is 4.98 Å². The van der Waals surface area contributed by atoms with Gasteiger partial charge in [0, 0.05) is 40.5 Å². The molecule has 9 heteroatoms. The summed E-state index contributed by atoms with van der Waals surface area (Å²) in [6, 6.07) is 12.8. The standard InChI is InChI=1S/C24H21F2N5O2/c1-14-19(21-15(2)33-22(32)23(21,30-31-28)13-24(14,25)26)10-9-18-8-7-17(12-29-18)20-6-4-3-5-16(20)11-27/h3-10,12,14-15,19,21H,13H2,1-2H3/t14-,15+,19-,21-,23-/m0/s1. The van der Waals surface area contributed by atoms with E-state index in [1.807, 2.05) is 12.1 Å².